The van der Waals surface area contributed by atoms with Crippen LogP contribution in [0.4, 0.5) is 5.69 Å². The van der Waals surface area contributed by atoms with Crippen LogP contribution in [0, 0.1) is 0 Å². The van der Waals surface area contributed by atoms with Gasteiger partial charge >= 0.3 is 0 Å². The molecule has 29 heavy (non-hydrogen) atoms. The maximum atomic E-state index is 13.4. The highest BCUT2D eigenvalue weighted by Gasteiger charge is 2.32. The van der Waals surface area contributed by atoms with E-state index in [-0.39, 0.29) is 18.1 Å². The Kier molecular flexibility index (Phi) is 5.35. The van der Waals surface area contributed by atoms with Crippen LogP contribution < -0.4 is 10.5 Å². The lowest BCUT2D eigenvalue weighted by molar-refractivity contribution is 0.0373. The van der Waals surface area contributed by atoms with Gasteiger partial charge in [-0.05, 0) is 44.0 Å². The summed E-state index contributed by atoms with van der Waals surface area (Å²) in [6.45, 7) is 2.47. The highest BCUT2D eigenvalue weighted by molar-refractivity contribution is 6.31. The van der Waals surface area contributed by atoms with Gasteiger partial charge in [0.1, 0.15) is 6.10 Å². The summed E-state index contributed by atoms with van der Waals surface area (Å²) in [7, 11) is 0. The fraction of sp³-hybridized carbons (Fsp3) is 0.300. The van der Waals surface area contributed by atoms with E-state index in [4.69, 9.17) is 22.1 Å². The number of hydrogen-bond donors (Lipinski definition) is 1. The third-order valence-corrected chi connectivity index (χ3v) is 5.20. The number of carbonyl (C=O) groups is 1. The average Bonchev–Trinajstić information content (AvgIpc) is 3.23. The quantitative estimate of drug-likeness (QED) is 0.707. The number of nitrogens with zero attached hydrogens (tertiary/aromatic N) is 5. The molecule has 4 rings (SSSR count). The van der Waals surface area contributed by atoms with E-state index >= 15 is 0 Å². The first-order valence-corrected chi connectivity index (χ1v) is 9.74. The second kappa shape index (κ2) is 8.08. The van der Waals surface area contributed by atoms with E-state index in [0.29, 0.717) is 34.4 Å². The molecule has 0 aliphatic carbocycles. The van der Waals surface area contributed by atoms with Crippen LogP contribution in [0.3, 0.4) is 0 Å². The van der Waals surface area contributed by atoms with Crippen LogP contribution in [0.25, 0.3) is 5.69 Å². The molecule has 0 saturated carbocycles. The number of aromatic nitrogens is 4. The summed E-state index contributed by atoms with van der Waals surface area (Å²) >= 11 is 6.18. The summed E-state index contributed by atoms with van der Waals surface area (Å²) in [5.41, 5.74) is 7.42. The number of nitrogens with two attached hydrogens (primary N) is 1. The molecular formula is C20H21ClN6O2. The number of ether oxygens (including phenoxy) is 1. The molecule has 2 aromatic heterocycles. The van der Waals surface area contributed by atoms with Gasteiger partial charge in [0.2, 0.25) is 5.88 Å². The summed E-state index contributed by atoms with van der Waals surface area (Å²) in [5.74, 6) is 0.322. The molecule has 8 nitrogen and oxygen atoms in total. The van der Waals surface area contributed by atoms with Crippen LogP contribution in [0.5, 0.6) is 5.88 Å². The first kappa shape index (κ1) is 19.2. The molecule has 1 aliphatic heterocycles. The van der Waals surface area contributed by atoms with Gasteiger partial charge < -0.3 is 15.4 Å². The van der Waals surface area contributed by atoms with Gasteiger partial charge in [-0.3, -0.25) is 4.79 Å². The van der Waals surface area contributed by atoms with Crippen molar-refractivity contribution < 1.29 is 9.53 Å². The second-order valence-electron chi connectivity index (χ2n) is 7.03. The Morgan fingerprint density at radius 1 is 1.17 bits per heavy atom. The summed E-state index contributed by atoms with van der Waals surface area (Å²) in [6.07, 6.45) is 6.20. The van der Waals surface area contributed by atoms with E-state index in [2.05, 4.69) is 15.2 Å². The Morgan fingerprint density at radius 2 is 1.97 bits per heavy atom. The van der Waals surface area contributed by atoms with Crippen molar-refractivity contribution in [1.82, 2.24) is 24.9 Å². The Morgan fingerprint density at radius 3 is 2.72 bits per heavy atom. The Bertz CT molecular complexity index is 1010. The topological polar surface area (TPSA) is 99.2 Å². The van der Waals surface area contributed by atoms with E-state index < -0.39 is 0 Å². The highest BCUT2D eigenvalue weighted by Crippen LogP contribution is 2.26. The Hall–Kier alpha value is -3.13. The van der Waals surface area contributed by atoms with E-state index in [1.165, 1.54) is 4.80 Å². The van der Waals surface area contributed by atoms with Gasteiger partial charge in [0.15, 0.2) is 0 Å². The first-order valence-electron chi connectivity index (χ1n) is 9.36. The van der Waals surface area contributed by atoms with E-state index in [0.717, 1.165) is 12.8 Å². The van der Waals surface area contributed by atoms with E-state index in [9.17, 15) is 4.79 Å². The summed E-state index contributed by atoms with van der Waals surface area (Å²) in [5, 5.41) is 8.78. The molecule has 3 aromatic rings. The average molecular weight is 413 g/mol. The summed E-state index contributed by atoms with van der Waals surface area (Å²) in [4.78, 5) is 20.9. The first-order chi connectivity index (χ1) is 14.0. The zero-order valence-electron chi connectivity index (χ0n) is 15.9. The molecule has 1 aromatic carbocycles. The smallest absolute Gasteiger partial charge is 0.256 e. The van der Waals surface area contributed by atoms with Crippen LogP contribution in [0.15, 0.2) is 48.9 Å². The third kappa shape index (κ3) is 4.17. The number of rotatable bonds is 4. The largest absolute Gasteiger partial charge is 0.472 e. The van der Waals surface area contributed by atoms with Crippen molar-refractivity contribution in [3.05, 3.63) is 59.5 Å². The number of piperidine rings is 1. The lowest BCUT2D eigenvalue weighted by atomic mass is 9.99. The van der Waals surface area contributed by atoms with Crippen molar-refractivity contribution in [1.29, 1.82) is 0 Å². The standard InChI is InChI=1S/C20H21ClN6O2/c1-13-2-4-16(29-19-11-15(22)6-7-23-19)12-26(13)20(28)17-10-14(21)3-5-18(17)27-24-8-9-25-27/h3,5-11,13,16H,2,4,12H2,1H3,(H2,22,23). The molecule has 2 atom stereocenters. The van der Waals surface area contributed by atoms with Crippen LogP contribution >= 0.6 is 11.6 Å². The molecule has 150 valence electrons. The van der Waals surface area contributed by atoms with Crippen LogP contribution in [0.2, 0.25) is 5.02 Å². The van der Waals surface area contributed by atoms with Gasteiger partial charge in [-0.15, -0.1) is 0 Å². The molecule has 2 unspecified atom stereocenters. The number of pyridine rings is 1. The molecule has 0 radical (unpaired) electrons. The van der Waals surface area contributed by atoms with Crippen molar-refractivity contribution in [2.45, 2.75) is 31.9 Å². The fourth-order valence-corrected chi connectivity index (χ4v) is 3.63. The van der Waals surface area contributed by atoms with E-state index in [1.54, 1.807) is 53.8 Å². The number of hydrogen-bond acceptors (Lipinski definition) is 6. The van der Waals surface area contributed by atoms with Crippen molar-refractivity contribution in [3.63, 3.8) is 0 Å². The minimum atomic E-state index is -0.171. The van der Waals surface area contributed by atoms with Crippen LogP contribution in [-0.4, -0.2) is 49.5 Å². The number of carbonyl (C=O) groups excluding carboxylic acids is 1. The van der Waals surface area contributed by atoms with Gasteiger partial charge in [0, 0.05) is 29.0 Å². The molecule has 0 spiro atoms. The number of benzene rings is 1. The summed E-state index contributed by atoms with van der Waals surface area (Å²) < 4.78 is 5.99. The molecule has 0 bridgehead atoms. The molecule has 1 aliphatic rings. The number of nitrogen functional groups attached to an aromatic ring is 1. The lowest BCUT2D eigenvalue weighted by Gasteiger charge is -2.38. The highest BCUT2D eigenvalue weighted by atomic mass is 35.5. The minimum Gasteiger partial charge on any atom is -0.472 e. The number of halogens is 1. The third-order valence-electron chi connectivity index (χ3n) is 4.97. The SMILES string of the molecule is CC1CCC(Oc2cc(N)ccn2)CN1C(=O)c1cc(Cl)ccc1-n1nccn1. The van der Waals surface area contributed by atoms with Gasteiger partial charge in [-0.1, -0.05) is 11.6 Å². The maximum absolute atomic E-state index is 13.4. The molecule has 1 saturated heterocycles. The molecule has 3 heterocycles. The van der Waals surface area contributed by atoms with E-state index in [1.807, 2.05) is 6.92 Å². The minimum absolute atomic E-state index is 0.0635. The zero-order valence-corrected chi connectivity index (χ0v) is 16.7. The van der Waals surface area contributed by atoms with Gasteiger partial charge in [0.05, 0.1) is 30.2 Å². The van der Waals surface area contributed by atoms with Crippen molar-refractivity contribution in [3.8, 4) is 11.6 Å². The molecule has 2 N–H and O–H groups in total. The zero-order chi connectivity index (χ0) is 20.4. The monoisotopic (exact) mass is 412 g/mol. The van der Waals surface area contributed by atoms with Gasteiger partial charge in [0.25, 0.3) is 5.91 Å². The predicted octanol–water partition coefficient (Wildman–Crippen LogP) is 2.97. The number of likely N-dealkylation sites (tertiary alicyclic amines) is 1. The fourth-order valence-electron chi connectivity index (χ4n) is 3.46. The van der Waals surface area contributed by atoms with Crippen molar-refractivity contribution in [2.24, 2.45) is 0 Å². The molecule has 1 amide bonds. The van der Waals surface area contributed by atoms with Gasteiger partial charge in [-0.25, -0.2) is 4.98 Å². The number of anilines is 1. The molecule has 9 heteroatoms. The van der Waals surface area contributed by atoms with Crippen LogP contribution in [-0.2, 0) is 0 Å². The molecular weight excluding hydrogens is 392 g/mol. The van der Waals surface area contributed by atoms with Gasteiger partial charge in [-0.2, -0.15) is 15.0 Å². The summed E-state index contributed by atoms with van der Waals surface area (Å²) in [6, 6.07) is 8.56. The van der Waals surface area contributed by atoms with Crippen molar-refractivity contribution >= 4 is 23.2 Å². The lowest BCUT2D eigenvalue weighted by Crippen LogP contribution is -2.49. The second-order valence-corrected chi connectivity index (χ2v) is 7.47. The Labute approximate surface area is 173 Å². The van der Waals surface area contributed by atoms with Crippen LogP contribution in [0.1, 0.15) is 30.1 Å². The number of amides is 1. The molecule has 1 fully saturated rings. The maximum Gasteiger partial charge on any atom is 0.256 e. The Balaban J connectivity index is 1.58. The predicted molar refractivity (Wildman–Crippen MR) is 109 cm³/mol. The normalized spacial score (nSPS) is 19.2. The van der Waals surface area contributed by atoms with Crippen molar-refractivity contribution in [2.75, 3.05) is 12.3 Å².